The predicted octanol–water partition coefficient (Wildman–Crippen LogP) is 3.37. The molecule has 0 saturated heterocycles. The Bertz CT molecular complexity index is 429. The Morgan fingerprint density at radius 3 is 2.89 bits per heavy atom. The van der Waals surface area contributed by atoms with Gasteiger partial charge < -0.3 is 0 Å². The van der Waals surface area contributed by atoms with Crippen molar-refractivity contribution in [2.45, 2.75) is 57.4 Å². The van der Waals surface area contributed by atoms with Crippen LogP contribution in [0.3, 0.4) is 0 Å². The molecule has 0 aliphatic heterocycles. The van der Waals surface area contributed by atoms with Crippen molar-refractivity contribution in [2.75, 3.05) is 0 Å². The summed E-state index contributed by atoms with van der Waals surface area (Å²) in [7, 11) is 0. The lowest BCUT2D eigenvalue weighted by Crippen LogP contribution is -2.49. The van der Waals surface area contributed by atoms with Crippen molar-refractivity contribution in [2.24, 2.45) is 17.7 Å². The molecule has 1 fully saturated rings. The molecule has 1 aromatic rings. The van der Waals surface area contributed by atoms with Crippen LogP contribution in [0.5, 0.6) is 0 Å². The third-order valence-electron chi connectivity index (χ3n) is 5.43. The minimum atomic E-state index is 0.476. The monoisotopic (exact) mass is 258 g/mol. The Labute approximate surface area is 116 Å². The van der Waals surface area contributed by atoms with Gasteiger partial charge >= 0.3 is 0 Å². The predicted molar refractivity (Wildman–Crippen MR) is 79.7 cm³/mol. The van der Waals surface area contributed by atoms with Gasteiger partial charge in [0.2, 0.25) is 0 Å². The average molecular weight is 258 g/mol. The molecular weight excluding hydrogens is 232 g/mol. The topological polar surface area (TPSA) is 38.0 Å². The van der Waals surface area contributed by atoms with Crippen molar-refractivity contribution in [3.05, 3.63) is 35.4 Å². The van der Waals surface area contributed by atoms with Gasteiger partial charge in [0.1, 0.15) is 0 Å². The fourth-order valence-corrected chi connectivity index (χ4v) is 4.23. The van der Waals surface area contributed by atoms with Gasteiger partial charge in [0.25, 0.3) is 0 Å². The quantitative estimate of drug-likeness (QED) is 0.642. The van der Waals surface area contributed by atoms with E-state index in [2.05, 4.69) is 36.6 Å². The molecule has 4 unspecified atom stereocenters. The maximum absolute atomic E-state index is 5.91. The fourth-order valence-electron chi connectivity index (χ4n) is 4.23. The number of rotatable bonds is 4. The molecule has 3 rings (SSSR count). The number of fused-ring (bicyclic) bond motifs is 1. The van der Waals surface area contributed by atoms with Crippen molar-refractivity contribution in [1.29, 1.82) is 0 Å². The van der Waals surface area contributed by atoms with Crippen LogP contribution in [0.25, 0.3) is 0 Å². The summed E-state index contributed by atoms with van der Waals surface area (Å²) in [4.78, 5) is 0. The van der Waals surface area contributed by atoms with Crippen molar-refractivity contribution < 1.29 is 0 Å². The van der Waals surface area contributed by atoms with Crippen LogP contribution in [0, 0.1) is 11.8 Å². The summed E-state index contributed by atoms with van der Waals surface area (Å²) in [5.74, 6) is 8.24. The highest BCUT2D eigenvalue weighted by Crippen LogP contribution is 2.43. The van der Waals surface area contributed by atoms with E-state index < -0.39 is 0 Å². The van der Waals surface area contributed by atoms with Crippen molar-refractivity contribution in [3.63, 3.8) is 0 Å². The maximum atomic E-state index is 5.91. The van der Waals surface area contributed by atoms with Gasteiger partial charge in [-0.1, -0.05) is 50.5 Å². The molecule has 2 heteroatoms. The van der Waals surface area contributed by atoms with Crippen LogP contribution in [-0.4, -0.2) is 6.04 Å². The molecule has 19 heavy (non-hydrogen) atoms. The highest BCUT2D eigenvalue weighted by atomic mass is 15.2. The molecule has 0 aromatic heterocycles. The second-order valence-corrected chi connectivity index (χ2v) is 6.40. The van der Waals surface area contributed by atoms with Crippen molar-refractivity contribution in [1.82, 2.24) is 5.43 Å². The van der Waals surface area contributed by atoms with E-state index in [4.69, 9.17) is 5.84 Å². The van der Waals surface area contributed by atoms with Crippen molar-refractivity contribution >= 4 is 0 Å². The highest BCUT2D eigenvalue weighted by molar-refractivity contribution is 5.41. The van der Waals surface area contributed by atoms with Gasteiger partial charge in [0, 0.05) is 12.0 Å². The maximum Gasteiger partial charge on any atom is 0.0310 e. The number of nitrogens with one attached hydrogen (secondary N) is 1. The van der Waals surface area contributed by atoms with E-state index in [0.29, 0.717) is 12.0 Å². The first-order valence-corrected chi connectivity index (χ1v) is 7.87. The molecule has 0 bridgehead atoms. The average Bonchev–Trinajstić information content (AvgIpc) is 2.45. The fraction of sp³-hybridized carbons (Fsp3) is 0.647. The van der Waals surface area contributed by atoms with E-state index >= 15 is 0 Å². The zero-order valence-electron chi connectivity index (χ0n) is 11.9. The van der Waals surface area contributed by atoms with Gasteiger partial charge in [-0.3, -0.25) is 11.3 Å². The van der Waals surface area contributed by atoms with E-state index in [0.717, 1.165) is 11.8 Å². The molecular formula is C17H26N2. The van der Waals surface area contributed by atoms with Gasteiger partial charge in [-0.2, -0.15) is 0 Å². The Morgan fingerprint density at radius 2 is 2.16 bits per heavy atom. The van der Waals surface area contributed by atoms with Crippen LogP contribution in [-0.2, 0) is 6.42 Å². The zero-order valence-corrected chi connectivity index (χ0v) is 11.9. The molecule has 3 N–H and O–H groups in total. The van der Waals surface area contributed by atoms with Crippen LogP contribution >= 0.6 is 0 Å². The molecule has 104 valence electrons. The molecule has 4 atom stereocenters. The summed E-state index contributed by atoms with van der Waals surface area (Å²) in [6, 6.07) is 9.33. The zero-order chi connectivity index (χ0) is 13.2. The number of hydrazine groups is 1. The minimum Gasteiger partial charge on any atom is -0.271 e. The summed E-state index contributed by atoms with van der Waals surface area (Å²) >= 11 is 0. The van der Waals surface area contributed by atoms with Gasteiger partial charge in [-0.15, -0.1) is 0 Å². The van der Waals surface area contributed by atoms with Crippen molar-refractivity contribution in [3.8, 4) is 0 Å². The number of nitrogens with two attached hydrogens (primary N) is 1. The van der Waals surface area contributed by atoms with Gasteiger partial charge in [0.05, 0.1) is 0 Å². The molecule has 2 aliphatic carbocycles. The van der Waals surface area contributed by atoms with E-state index in [1.54, 1.807) is 0 Å². The van der Waals surface area contributed by atoms with Gasteiger partial charge in [0.15, 0.2) is 0 Å². The minimum absolute atomic E-state index is 0.476. The summed E-state index contributed by atoms with van der Waals surface area (Å²) in [5, 5.41) is 0. The summed E-state index contributed by atoms with van der Waals surface area (Å²) in [5.41, 5.74) is 6.21. The second-order valence-electron chi connectivity index (χ2n) is 6.40. The Kier molecular flexibility index (Phi) is 3.90. The lowest BCUT2D eigenvalue weighted by atomic mass is 9.66. The first-order valence-electron chi connectivity index (χ1n) is 7.87. The Hall–Kier alpha value is -0.860. The third kappa shape index (κ3) is 2.44. The third-order valence-corrected chi connectivity index (χ3v) is 5.43. The van der Waals surface area contributed by atoms with Crippen LogP contribution in [0.2, 0.25) is 0 Å². The van der Waals surface area contributed by atoms with Gasteiger partial charge in [-0.25, -0.2) is 0 Å². The summed E-state index contributed by atoms with van der Waals surface area (Å²) in [6.45, 7) is 2.33. The van der Waals surface area contributed by atoms with E-state index in [1.165, 1.54) is 49.7 Å². The standard InChI is InChI=1S/C17H26N2/c1-2-12-6-5-8-14(10-12)17(19-18)16-11-13-7-3-4-9-15(13)16/h3-4,7,9,12,14,16-17,19H,2,5-6,8,10-11,18H2,1H3. The molecule has 0 amide bonds. The lowest BCUT2D eigenvalue weighted by molar-refractivity contribution is 0.183. The number of hydrogen-bond acceptors (Lipinski definition) is 2. The Morgan fingerprint density at radius 1 is 1.32 bits per heavy atom. The molecule has 2 nitrogen and oxygen atoms in total. The van der Waals surface area contributed by atoms with Gasteiger partial charge in [-0.05, 0) is 42.2 Å². The Balaban J connectivity index is 1.72. The normalized spacial score (nSPS) is 31.4. The molecule has 1 aromatic carbocycles. The first-order chi connectivity index (χ1) is 9.33. The molecule has 0 heterocycles. The molecule has 2 aliphatic rings. The number of benzene rings is 1. The summed E-state index contributed by atoms with van der Waals surface area (Å²) in [6.07, 6.45) is 8.06. The smallest absolute Gasteiger partial charge is 0.0310 e. The van der Waals surface area contributed by atoms with E-state index in [1.807, 2.05) is 0 Å². The second kappa shape index (κ2) is 5.64. The molecule has 1 saturated carbocycles. The number of hydrogen-bond donors (Lipinski definition) is 2. The highest BCUT2D eigenvalue weighted by Gasteiger charge is 2.38. The largest absolute Gasteiger partial charge is 0.271 e. The van der Waals surface area contributed by atoms with Crippen LogP contribution in [0.1, 0.15) is 56.1 Å². The van der Waals surface area contributed by atoms with Crippen LogP contribution in [0.4, 0.5) is 0 Å². The first kappa shape index (κ1) is 13.1. The van der Waals surface area contributed by atoms with E-state index in [-0.39, 0.29) is 0 Å². The molecule has 0 spiro atoms. The van der Waals surface area contributed by atoms with Crippen LogP contribution < -0.4 is 11.3 Å². The van der Waals surface area contributed by atoms with E-state index in [9.17, 15) is 0 Å². The summed E-state index contributed by atoms with van der Waals surface area (Å²) < 4.78 is 0. The SMILES string of the molecule is CCC1CCCC(C(NN)C2Cc3ccccc32)C1. The van der Waals surface area contributed by atoms with Crippen LogP contribution in [0.15, 0.2) is 24.3 Å². The molecule has 0 radical (unpaired) electrons. The lowest BCUT2D eigenvalue weighted by Gasteiger charge is -2.42.